The number of hydrogen-bond acceptors (Lipinski definition) is 1. The molecule has 1 heterocycles. The lowest BCUT2D eigenvalue weighted by molar-refractivity contribution is 1.69. The molecule has 8 aromatic rings. The molecule has 0 spiro atoms. The average Bonchev–Trinajstić information content (AvgIpc) is 3.35. The van der Waals surface area contributed by atoms with Crippen molar-refractivity contribution in [1.82, 2.24) is 0 Å². The van der Waals surface area contributed by atoms with Crippen molar-refractivity contribution in [2.45, 2.75) is 0 Å². The van der Waals surface area contributed by atoms with Crippen LogP contribution in [0.25, 0.3) is 74.7 Å². The van der Waals surface area contributed by atoms with E-state index in [9.17, 15) is 0 Å². The summed E-state index contributed by atoms with van der Waals surface area (Å²) in [5.74, 6) is 0. The van der Waals surface area contributed by atoms with Gasteiger partial charge in [-0.15, -0.1) is 11.3 Å². The Balaban J connectivity index is 1.57. The molecule has 0 fully saturated rings. The van der Waals surface area contributed by atoms with Crippen LogP contribution in [0.4, 0.5) is 0 Å². The fourth-order valence-corrected chi connectivity index (χ4v) is 7.32. The van der Waals surface area contributed by atoms with Crippen molar-refractivity contribution in [3.05, 3.63) is 133 Å². The van der Waals surface area contributed by atoms with Crippen LogP contribution in [-0.4, -0.2) is 0 Å². The van der Waals surface area contributed by atoms with E-state index in [1.807, 2.05) is 11.3 Å². The van der Waals surface area contributed by atoms with Gasteiger partial charge in [0.1, 0.15) is 0 Å². The van der Waals surface area contributed by atoms with Crippen molar-refractivity contribution in [3.63, 3.8) is 0 Å². The highest BCUT2D eigenvalue weighted by atomic mass is 32.1. The van der Waals surface area contributed by atoms with Crippen molar-refractivity contribution in [2.75, 3.05) is 0 Å². The second-order valence-electron chi connectivity index (χ2n) is 9.65. The van der Waals surface area contributed by atoms with Crippen LogP contribution in [-0.2, 0) is 0 Å². The number of benzene rings is 7. The van der Waals surface area contributed by atoms with Crippen LogP contribution in [0.3, 0.4) is 0 Å². The molecule has 0 bridgehead atoms. The molecule has 0 amide bonds. The molecule has 0 nitrogen and oxygen atoms in total. The molecular weight excluding hydrogens is 464 g/mol. The van der Waals surface area contributed by atoms with Crippen LogP contribution in [0, 0.1) is 0 Å². The Kier molecular flexibility index (Phi) is 4.49. The van der Waals surface area contributed by atoms with Crippen molar-refractivity contribution in [3.8, 4) is 22.3 Å². The topological polar surface area (TPSA) is 0 Å². The van der Waals surface area contributed by atoms with Crippen LogP contribution in [0.5, 0.6) is 0 Å². The second kappa shape index (κ2) is 8.03. The van der Waals surface area contributed by atoms with Gasteiger partial charge in [0.15, 0.2) is 0 Å². The van der Waals surface area contributed by atoms with Crippen LogP contribution >= 0.6 is 11.3 Å². The average molecular weight is 487 g/mol. The molecule has 0 aliphatic rings. The first-order chi connectivity index (χ1) is 18.4. The molecule has 1 aromatic heterocycles. The molecule has 0 radical (unpaired) electrons. The smallest absolute Gasteiger partial charge is 0.0434 e. The highest BCUT2D eigenvalue weighted by molar-refractivity contribution is 7.26. The third-order valence-electron chi connectivity index (χ3n) is 7.66. The number of rotatable bonds is 2. The third kappa shape index (κ3) is 3.02. The lowest BCUT2D eigenvalue weighted by atomic mass is 9.84. The summed E-state index contributed by atoms with van der Waals surface area (Å²) >= 11 is 1.90. The lowest BCUT2D eigenvalue weighted by Gasteiger charge is -2.19. The van der Waals surface area contributed by atoms with E-state index >= 15 is 0 Å². The number of hydrogen-bond donors (Lipinski definition) is 0. The van der Waals surface area contributed by atoms with Gasteiger partial charge in [-0.2, -0.15) is 0 Å². The minimum atomic E-state index is 1.27. The van der Waals surface area contributed by atoms with Gasteiger partial charge in [-0.05, 0) is 55.1 Å². The predicted molar refractivity (Wildman–Crippen MR) is 163 cm³/mol. The molecule has 0 unspecified atom stereocenters. The third-order valence-corrected chi connectivity index (χ3v) is 8.88. The quantitative estimate of drug-likeness (QED) is 0.213. The summed E-state index contributed by atoms with van der Waals surface area (Å²) in [7, 11) is 0. The van der Waals surface area contributed by atoms with E-state index in [-0.39, 0.29) is 0 Å². The molecular formula is C36H22S. The Hall–Kier alpha value is -4.46. The molecule has 37 heavy (non-hydrogen) atoms. The minimum absolute atomic E-state index is 1.27. The molecule has 7 aromatic carbocycles. The summed E-state index contributed by atoms with van der Waals surface area (Å²) in [5, 5.41) is 10.4. The van der Waals surface area contributed by atoms with Gasteiger partial charge >= 0.3 is 0 Å². The largest absolute Gasteiger partial charge is 0.135 e. The van der Waals surface area contributed by atoms with Gasteiger partial charge in [-0.3, -0.25) is 0 Å². The SMILES string of the molecule is c1ccc2c(-c3c4ccccc4c(-c4cccc5c4sc4ccccc45)c4ccccc34)cccc2c1. The highest BCUT2D eigenvalue weighted by Crippen LogP contribution is 2.48. The standard InChI is InChI=1S/C36H22S/c1-2-13-24-23(11-1)12-9-19-26(24)34-27-15-3-5-17-29(27)35(30-18-6-4-16-28(30)34)32-21-10-20-31-25-14-7-8-22-33(25)37-36(31)32/h1-22H. The van der Waals surface area contributed by atoms with Gasteiger partial charge in [0.2, 0.25) is 0 Å². The monoisotopic (exact) mass is 486 g/mol. The van der Waals surface area contributed by atoms with Crippen molar-refractivity contribution < 1.29 is 0 Å². The second-order valence-corrected chi connectivity index (χ2v) is 10.7. The van der Waals surface area contributed by atoms with Crippen LogP contribution in [0.1, 0.15) is 0 Å². The summed E-state index contributed by atoms with van der Waals surface area (Å²) in [6.45, 7) is 0. The van der Waals surface area contributed by atoms with E-state index in [1.54, 1.807) is 0 Å². The Bertz CT molecular complexity index is 2080. The van der Waals surface area contributed by atoms with E-state index < -0.39 is 0 Å². The molecule has 172 valence electrons. The van der Waals surface area contributed by atoms with Gasteiger partial charge in [0.25, 0.3) is 0 Å². The first-order valence-electron chi connectivity index (χ1n) is 12.7. The first kappa shape index (κ1) is 20.7. The van der Waals surface area contributed by atoms with Crippen molar-refractivity contribution in [2.24, 2.45) is 0 Å². The maximum atomic E-state index is 2.31. The number of thiophene rings is 1. The van der Waals surface area contributed by atoms with E-state index in [1.165, 1.54) is 74.7 Å². The maximum Gasteiger partial charge on any atom is 0.0434 e. The Morgan fingerprint density at radius 3 is 1.49 bits per heavy atom. The highest BCUT2D eigenvalue weighted by Gasteiger charge is 2.19. The molecule has 0 aliphatic carbocycles. The van der Waals surface area contributed by atoms with E-state index in [0.717, 1.165) is 0 Å². The van der Waals surface area contributed by atoms with Gasteiger partial charge in [0.05, 0.1) is 0 Å². The molecule has 1 heteroatoms. The predicted octanol–water partition coefficient (Wildman–Crippen LogP) is 10.8. The minimum Gasteiger partial charge on any atom is -0.135 e. The molecule has 0 atom stereocenters. The Morgan fingerprint density at radius 2 is 0.784 bits per heavy atom. The summed E-state index contributed by atoms with van der Waals surface area (Å²) in [5.41, 5.74) is 5.25. The van der Waals surface area contributed by atoms with Crippen LogP contribution < -0.4 is 0 Å². The van der Waals surface area contributed by atoms with Gasteiger partial charge in [-0.1, -0.05) is 127 Å². The van der Waals surface area contributed by atoms with Crippen molar-refractivity contribution >= 4 is 63.8 Å². The molecule has 0 saturated heterocycles. The van der Waals surface area contributed by atoms with E-state index in [0.29, 0.717) is 0 Å². The number of fused-ring (bicyclic) bond motifs is 6. The first-order valence-corrected chi connectivity index (χ1v) is 13.5. The van der Waals surface area contributed by atoms with Crippen LogP contribution in [0.2, 0.25) is 0 Å². The van der Waals surface area contributed by atoms with Crippen molar-refractivity contribution in [1.29, 1.82) is 0 Å². The molecule has 0 N–H and O–H groups in total. The van der Waals surface area contributed by atoms with Gasteiger partial charge in [0, 0.05) is 25.7 Å². The zero-order valence-electron chi connectivity index (χ0n) is 20.1. The van der Waals surface area contributed by atoms with E-state index in [2.05, 4.69) is 133 Å². The summed E-state index contributed by atoms with van der Waals surface area (Å²) < 4.78 is 2.70. The Labute approximate surface area is 219 Å². The van der Waals surface area contributed by atoms with Gasteiger partial charge < -0.3 is 0 Å². The molecule has 0 saturated carbocycles. The Morgan fingerprint density at radius 1 is 0.324 bits per heavy atom. The summed E-state index contributed by atoms with van der Waals surface area (Å²) in [4.78, 5) is 0. The molecule has 0 aliphatic heterocycles. The summed E-state index contributed by atoms with van der Waals surface area (Å²) in [6, 6.07) is 48.9. The maximum absolute atomic E-state index is 2.31. The summed E-state index contributed by atoms with van der Waals surface area (Å²) in [6.07, 6.45) is 0. The fraction of sp³-hybridized carbons (Fsp3) is 0. The lowest BCUT2D eigenvalue weighted by Crippen LogP contribution is -1.91. The van der Waals surface area contributed by atoms with E-state index in [4.69, 9.17) is 0 Å². The zero-order chi connectivity index (χ0) is 24.3. The van der Waals surface area contributed by atoms with Crippen LogP contribution in [0.15, 0.2) is 133 Å². The fourth-order valence-electron chi connectivity index (χ4n) is 6.10. The zero-order valence-corrected chi connectivity index (χ0v) is 20.9. The van der Waals surface area contributed by atoms with Gasteiger partial charge in [-0.25, -0.2) is 0 Å². The molecule has 8 rings (SSSR count). The normalized spacial score (nSPS) is 11.8.